The van der Waals surface area contributed by atoms with Crippen LogP contribution in [0.5, 0.6) is 69.0 Å². The Morgan fingerprint density at radius 2 is 0.522 bits per heavy atom. The first kappa shape index (κ1) is 40.5. The molecule has 22 atom stereocenters. The number of benzene rings is 6. The van der Waals surface area contributed by atoms with Gasteiger partial charge in [0.25, 0.3) is 0 Å². The molecular formula is C114H174N6O18. The van der Waals surface area contributed by atoms with Crippen molar-refractivity contribution < 1.29 is 211 Å². The summed E-state index contributed by atoms with van der Waals surface area (Å²) in [5, 5.41) is 67.6. The van der Waals surface area contributed by atoms with Crippen LogP contribution in [0, 0.1) is 70.8 Å². The number of rotatable bonds is 24. The molecule has 24 nitrogen and oxygen atoms in total. The van der Waals surface area contributed by atoms with Crippen LogP contribution in [-0.2, 0) is 38.2 Å². The van der Waals surface area contributed by atoms with Crippen LogP contribution < -0.4 is 56.8 Å². The van der Waals surface area contributed by atoms with Crippen LogP contribution in [0.3, 0.4) is 0 Å². The highest BCUT2D eigenvalue weighted by atomic mass is 16.5. The SMILES string of the molecule is [2H]C([2H])([2H])C([2H])(C)C([2H])([2H])C1([2H])C([2H])([2H])N2C(c3cc(OC)c(OC)cc3C([2H])([2H])C2([2H])[2H])C([2H])([2H])C1([2H])O.[2H]C([2H])([2H])C([2H])(C)C([2H])([2H])C1([2H])C([2H])([2H])N2C(c3cc(OC)c(OC)cc3C([2H])([2H])C2([2H])[2H])C([2H])([2H])C1([2H])O.[2H]C([2H])([2H])Oc1cc2c(cc1OC)C([2H])([2H])C([2H])([2H])N1C2C([2H])([2H])C([2H])(O)C([2H])(C([2H])([2H])C([2H])(C)C([2H])([2H])[2H])C1([2H])[2H].[2H]C([2H])([2H])Oc1cc2c(cc1OC)C([2H])([2H])C([2H])([2H])N1C2C([2H])([2H])C([2H])(O)C([2H])(C([2H])([2H])C([2H])(C)C([2H])([2H])[2H])C1([2H])[2H].[2H]C([2H])([2H])Oc1cc2c(cc1OC)C([2H])([2H])C([2H])([2H])N1C2C([2H])([2H])C([2H])(O)C([2H])(CC(C)C)C1([2H])[2H].[2H]C12CC(O)C(CC(C)C)C([2H])([2H])N1C([2H])([2H])C([2H])([2H])c1cc(OC)c(OC)cc12. The minimum absolute atomic E-state index is 0.0296. The third kappa shape index (κ3) is 25.4. The standard InChI is InChI=1S/6C19H29NO3/c6*1-12(2)7-14-11-20-6-5-13-8-18(22-3)19(23-4)9-15(13)16(20)10-17(14)21/h6*8-9,12,14,16-17,21H,5-7,10-11H2,1-4H3/i2*1D3,4D3,5D2,6D2,7D2,10D2,11D2,12D,14D,17D;2*1D3,5D2,6D2,7D2,10D2,11D2,12D,14D,17D;4D3,5D2,6D2,10D2,11D2,14D,17D;5D2,6D2,11D2,16D. The van der Waals surface area contributed by atoms with Gasteiger partial charge in [-0.1, -0.05) is 82.8 Å². The van der Waals surface area contributed by atoms with E-state index >= 15 is 0 Å². The Morgan fingerprint density at radius 3 is 0.761 bits per heavy atom. The van der Waals surface area contributed by atoms with E-state index in [0.717, 1.165) is 69.9 Å². The average molecular weight is 2010 g/mol. The van der Waals surface area contributed by atoms with Gasteiger partial charge in [0, 0.05) is 217 Å². The Bertz CT molecular complexity index is 9020. The third-order valence-corrected chi connectivity index (χ3v) is 21.7. The molecule has 138 heavy (non-hydrogen) atoms. The molecule has 12 aliphatic heterocycles. The Hall–Kier alpha value is -7.56. The Labute approximate surface area is 953 Å². The fourth-order valence-corrected chi connectivity index (χ4v) is 15.4. The molecule has 0 bridgehead atoms. The maximum Gasteiger partial charge on any atom is 0.161 e. The molecule has 12 heterocycles. The fraction of sp³-hybridized carbons (Fsp3) is 0.684. The van der Waals surface area contributed by atoms with Crippen LogP contribution in [0.1, 0.15) is 386 Å². The van der Waals surface area contributed by atoms with Crippen molar-refractivity contribution in [3.63, 3.8) is 0 Å². The number of ether oxygens (including phenoxy) is 12. The minimum atomic E-state index is -4.36. The van der Waals surface area contributed by atoms with E-state index in [1.165, 1.54) is 54.8 Å². The number of nitrogens with zero attached hydrogens (tertiary/aromatic N) is 6. The average Bonchev–Trinajstić information content (AvgIpc) is 0.660. The summed E-state index contributed by atoms with van der Waals surface area (Å²) in [4.78, 5) is 0.206. The molecule has 0 radical (unpaired) electrons. The predicted octanol–water partition coefficient (Wildman–Crippen LogP) is 18.2. The second kappa shape index (κ2) is 49.1. The lowest BCUT2D eigenvalue weighted by Gasteiger charge is -2.46. The number of hydrogen-bond acceptors (Lipinski definition) is 24. The molecule has 22 unspecified atom stereocenters. The van der Waals surface area contributed by atoms with Crippen LogP contribution in [0.2, 0.25) is 0 Å². The van der Waals surface area contributed by atoms with Crippen molar-refractivity contribution in [2.75, 3.05) is 163 Å². The smallest absolute Gasteiger partial charge is 0.161 e. The van der Waals surface area contributed by atoms with Gasteiger partial charge in [0.15, 0.2) is 69.0 Å². The summed E-state index contributed by atoms with van der Waals surface area (Å²) in [6.07, 6.45) is -75.8. The van der Waals surface area contributed by atoms with Crippen molar-refractivity contribution in [3.8, 4) is 69.0 Å². The lowest BCUT2D eigenvalue weighted by atomic mass is 9.79. The van der Waals surface area contributed by atoms with Crippen LogP contribution in [0.15, 0.2) is 72.8 Å². The summed E-state index contributed by atoms with van der Waals surface area (Å²) in [5.74, 6) is -38.6. The van der Waals surface area contributed by atoms with Gasteiger partial charge >= 0.3 is 0 Å². The summed E-state index contributed by atoms with van der Waals surface area (Å²) >= 11 is 0. The highest BCUT2D eigenvalue weighted by molar-refractivity contribution is 5.55. The van der Waals surface area contributed by atoms with Crippen molar-refractivity contribution in [1.82, 2.24) is 29.4 Å². The lowest BCUT2D eigenvalue weighted by Crippen LogP contribution is -2.48. The molecule has 18 rings (SSSR count). The van der Waals surface area contributed by atoms with Crippen LogP contribution in [-0.4, -0.2) is 260 Å². The van der Waals surface area contributed by atoms with Gasteiger partial charge in [0.1, 0.15) is 0 Å². The number of fused-ring (bicyclic) bond motifs is 18. The molecule has 0 amide bonds. The van der Waals surface area contributed by atoms with E-state index < -0.39 is 450 Å². The Balaban J connectivity index is 0.000000217. The van der Waals surface area contributed by atoms with E-state index in [-0.39, 0.29) is 94.6 Å². The van der Waals surface area contributed by atoms with Crippen molar-refractivity contribution >= 4 is 0 Å². The zero-order chi connectivity index (χ0) is 179. The quantitative estimate of drug-likeness (QED) is 0.0329. The third-order valence-electron chi connectivity index (χ3n) is 21.7. The number of aliphatic hydroxyl groups excluding tert-OH is 1. The zero-order valence-electron chi connectivity index (χ0n) is 168. The van der Waals surface area contributed by atoms with E-state index in [0.29, 0.717) is 44.7 Å². The zero-order valence-corrected chi connectivity index (χ0v) is 78.0. The van der Waals surface area contributed by atoms with E-state index in [2.05, 4.69) is 0 Å². The van der Waals surface area contributed by atoms with E-state index in [4.69, 9.17) is 179 Å². The molecule has 0 aromatic heterocycles. The fourth-order valence-electron chi connectivity index (χ4n) is 15.4. The molecule has 12 aliphatic rings. The molecule has 6 N–H and O–H groups in total. The van der Waals surface area contributed by atoms with Gasteiger partial charge < -0.3 is 87.5 Å². The van der Waals surface area contributed by atoms with Crippen molar-refractivity contribution in [2.45, 2.75) is 270 Å². The molecular weight excluding hydrogens is 1740 g/mol. The van der Waals surface area contributed by atoms with Gasteiger partial charge in [0.2, 0.25) is 0 Å². The minimum Gasteiger partial charge on any atom is -0.493 e. The van der Waals surface area contributed by atoms with Gasteiger partial charge in [-0.05, 0) is 325 Å². The molecule has 6 aromatic carbocycles. The summed E-state index contributed by atoms with van der Waals surface area (Å²) in [6.45, 7) is -48.7. The van der Waals surface area contributed by atoms with Gasteiger partial charge in [-0.3, -0.25) is 29.4 Å². The summed E-state index contributed by atoms with van der Waals surface area (Å²) in [5.41, 5.74) is -5.98. The predicted molar refractivity (Wildman–Crippen MR) is 547 cm³/mol. The van der Waals surface area contributed by atoms with Gasteiger partial charge in [-0.15, -0.1) is 0 Å². The van der Waals surface area contributed by atoms with Crippen LogP contribution in [0.25, 0.3) is 0 Å². The molecule has 768 valence electrons. The second-order valence-corrected chi connectivity index (χ2v) is 32.2. The number of aryl methyl sites for hydroxylation is 6. The summed E-state index contributed by atoms with van der Waals surface area (Å²) < 4.78 is 818. The number of aliphatic hydroxyl groups is 6. The van der Waals surface area contributed by atoms with E-state index in [1.54, 1.807) is 13.8 Å². The van der Waals surface area contributed by atoms with E-state index in [1.807, 2.05) is 13.8 Å². The largest absolute Gasteiger partial charge is 0.493 e. The highest BCUT2D eigenvalue weighted by Gasteiger charge is 2.47. The first-order chi connectivity index (χ1) is 100. The lowest BCUT2D eigenvalue weighted by molar-refractivity contribution is -0.0192. The second-order valence-electron chi connectivity index (χ2n) is 32.2. The van der Waals surface area contributed by atoms with Crippen LogP contribution in [0.4, 0.5) is 0 Å². The van der Waals surface area contributed by atoms with Gasteiger partial charge in [0.05, 0.1) is 142 Å². The Morgan fingerprint density at radius 1 is 0.304 bits per heavy atom. The van der Waals surface area contributed by atoms with Crippen molar-refractivity contribution in [2.24, 2.45) is 70.8 Å². The number of hydrogen-bond donors (Lipinski definition) is 6. The van der Waals surface area contributed by atoms with Crippen molar-refractivity contribution in [3.05, 3.63) is 140 Å². The molecule has 0 spiro atoms. The van der Waals surface area contributed by atoms with Gasteiger partial charge in [-0.2, -0.15) is 0 Å². The number of methoxy groups -OCH3 is 12. The molecule has 24 heteroatoms. The van der Waals surface area contributed by atoms with Crippen molar-refractivity contribution in [1.29, 1.82) is 0 Å². The Kier molecular flexibility index (Phi) is 14.4. The van der Waals surface area contributed by atoms with Gasteiger partial charge in [-0.25, -0.2) is 0 Å². The summed E-state index contributed by atoms with van der Waals surface area (Å²) in [6, 6.07) is -2.61. The molecule has 6 saturated heterocycles. The first-order valence-corrected chi connectivity index (χ1v) is 42.4. The monoisotopic (exact) mass is 2010 g/mol. The molecule has 6 aromatic rings. The topological polar surface area (TPSA) is 252 Å². The molecule has 6 fully saturated rings. The highest BCUT2D eigenvalue weighted by Crippen LogP contribution is 2.52. The van der Waals surface area contributed by atoms with E-state index in [9.17, 15) is 32.0 Å². The maximum atomic E-state index is 11.4. The number of piperidine rings is 6. The summed E-state index contributed by atoms with van der Waals surface area (Å²) in [7, 11) is 1.42. The normalized spacial score (nSPS) is 54.1. The molecule has 0 saturated carbocycles. The van der Waals surface area contributed by atoms with Crippen LogP contribution >= 0.6 is 0 Å². The first-order valence-electron chi connectivity index (χ1n) is 87.4. The maximum absolute atomic E-state index is 11.4. The molecule has 0 aliphatic carbocycles.